The first kappa shape index (κ1) is 30.8. The number of carboxylic acids is 3. The molecule has 0 aliphatic heterocycles. The van der Waals surface area contributed by atoms with Gasteiger partial charge in [-0.25, -0.2) is 4.79 Å². The second-order valence-corrected chi connectivity index (χ2v) is 8.70. The number of carboxylic acid groups (broad SMARTS) is 3. The molecule has 0 spiro atoms. The van der Waals surface area contributed by atoms with Crippen LogP contribution in [-0.2, 0) is 35.2 Å². The van der Waals surface area contributed by atoms with Crippen molar-refractivity contribution >= 4 is 35.6 Å². The third-order valence-corrected chi connectivity index (χ3v) is 5.25. The first-order valence-corrected chi connectivity index (χ1v) is 11.3. The summed E-state index contributed by atoms with van der Waals surface area (Å²) in [7, 11) is 0. The molecule has 1 rings (SSSR count). The van der Waals surface area contributed by atoms with Crippen molar-refractivity contribution in [3.63, 3.8) is 0 Å². The Morgan fingerprint density at radius 2 is 1.38 bits per heavy atom. The van der Waals surface area contributed by atoms with Gasteiger partial charge in [0.15, 0.2) is 0 Å². The highest BCUT2D eigenvalue weighted by Gasteiger charge is 2.32. The van der Waals surface area contributed by atoms with E-state index in [2.05, 4.69) is 16.0 Å². The Hall–Kier alpha value is -4.20. The van der Waals surface area contributed by atoms with Crippen molar-refractivity contribution in [2.24, 2.45) is 11.7 Å². The number of carbonyl (C=O) groups excluding carboxylic acids is 3. The second-order valence-electron chi connectivity index (χ2n) is 8.70. The molecular formula is C23H32N4O10. The number of phenols is 1. The van der Waals surface area contributed by atoms with Crippen LogP contribution in [0.4, 0.5) is 0 Å². The van der Waals surface area contributed by atoms with E-state index in [0.717, 1.165) is 0 Å². The first-order valence-electron chi connectivity index (χ1n) is 11.3. The van der Waals surface area contributed by atoms with E-state index in [0.29, 0.717) is 5.56 Å². The number of aromatic hydroxyl groups is 1. The molecule has 0 bridgehead atoms. The third kappa shape index (κ3) is 10.9. The van der Waals surface area contributed by atoms with Gasteiger partial charge in [-0.2, -0.15) is 0 Å². The molecule has 9 N–H and O–H groups in total. The summed E-state index contributed by atoms with van der Waals surface area (Å²) in [6.07, 6.45) is -1.69. The Labute approximate surface area is 212 Å². The van der Waals surface area contributed by atoms with Crippen LogP contribution in [-0.4, -0.2) is 80.2 Å². The molecule has 0 fully saturated rings. The Kier molecular flexibility index (Phi) is 12.0. The lowest BCUT2D eigenvalue weighted by atomic mass is 10.00. The minimum Gasteiger partial charge on any atom is -0.508 e. The standard InChI is InChI=1S/C23H32N4O10/c1-11(2)19(22(35)25-15(23(36)37)7-8-17(29)30)27-21(34)16(9-12-3-5-13(28)6-4-12)26-20(33)14(24)10-18(31)32/h3-6,11,14-16,19,28H,7-10,24H2,1-2H3,(H,25,35)(H,26,33)(H,27,34)(H,29,30)(H,31,32)(H,36,37). The summed E-state index contributed by atoms with van der Waals surface area (Å²) in [4.78, 5) is 71.5. The van der Waals surface area contributed by atoms with Crippen LogP contribution in [0.3, 0.4) is 0 Å². The van der Waals surface area contributed by atoms with Crippen LogP contribution in [0.2, 0.25) is 0 Å². The molecule has 14 nitrogen and oxygen atoms in total. The van der Waals surface area contributed by atoms with Crippen LogP contribution < -0.4 is 21.7 Å². The minimum absolute atomic E-state index is 0.0373. The SMILES string of the molecule is CC(C)C(NC(=O)C(Cc1ccc(O)cc1)NC(=O)C(N)CC(=O)O)C(=O)NC(CCC(=O)O)C(=O)O. The summed E-state index contributed by atoms with van der Waals surface area (Å²) in [6, 6.07) is 0.160. The molecular weight excluding hydrogens is 492 g/mol. The summed E-state index contributed by atoms with van der Waals surface area (Å²) in [5.41, 5.74) is 6.10. The highest BCUT2D eigenvalue weighted by molar-refractivity contribution is 5.95. The Morgan fingerprint density at radius 1 is 0.811 bits per heavy atom. The minimum atomic E-state index is -1.51. The number of nitrogens with two attached hydrogens (primary N) is 1. The van der Waals surface area contributed by atoms with Gasteiger partial charge < -0.3 is 42.1 Å². The average molecular weight is 525 g/mol. The van der Waals surface area contributed by atoms with Crippen molar-refractivity contribution in [2.75, 3.05) is 0 Å². The van der Waals surface area contributed by atoms with Crippen molar-refractivity contribution in [3.8, 4) is 5.75 Å². The van der Waals surface area contributed by atoms with Crippen LogP contribution in [0.15, 0.2) is 24.3 Å². The van der Waals surface area contributed by atoms with Gasteiger partial charge in [-0.1, -0.05) is 26.0 Å². The van der Waals surface area contributed by atoms with Gasteiger partial charge in [0.1, 0.15) is 23.9 Å². The number of nitrogens with one attached hydrogen (secondary N) is 3. The Balaban J connectivity index is 3.10. The molecule has 0 aromatic heterocycles. The number of hydrogen-bond donors (Lipinski definition) is 8. The number of aliphatic carboxylic acids is 3. The topological polar surface area (TPSA) is 245 Å². The normalized spacial score (nSPS) is 14.1. The molecule has 0 aliphatic rings. The molecule has 0 saturated carbocycles. The molecule has 37 heavy (non-hydrogen) atoms. The van der Waals surface area contributed by atoms with Crippen molar-refractivity contribution in [1.82, 2.24) is 16.0 Å². The molecule has 4 atom stereocenters. The van der Waals surface area contributed by atoms with Crippen LogP contribution >= 0.6 is 0 Å². The number of rotatable bonds is 15. The molecule has 0 heterocycles. The summed E-state index contributed by atoms with van der Waals surface area (Å²) in [6.45, 7) is 3.15. The third-order valence-electron chi connectivity index (χ3n) is 5.25. The van der Waals surface area contributed by atoms with Gasteiger partial charge in [-0.15, -0.1) is 0 Å². The number of phenolic OH excluding ortho intramolecular Hbond substituents is 1. The van der Waals surface area contributed by atoms with Gasteiger partial charge in [-0.3, -0.25) is 24.0 Å². The number of carbonyl (C=O) groups is 6. The highest BCUT2D eigenvalue weighted by Crippen LogP contribution is 2.13. The van der Waals surface area contributed by atoms with Gasteiger partial charge in [0.05, 0.1) is 12.5 Å². The summed E-state index contributed by atoms with van der Waals surface area (Å²) >= 11 is 0. The number of hydrogen-bond acceptors (Lipinski definition) is 8. The Bertz CT molecular complexity index is 996. The zero-order valence-corrected chi connectivity index (χ0v) is 20.3. The van der Waals surface area contributed by atoms with Crippen LogP contribution in [0, 0.1) is 5.92 Å². The van der Waals surface area contributed by atoms with Crippen LogP contribution in [0.25, 0.3) is 0 Å². The van der Waals surface area contributed by atoms with Gasteiger partial charge in [0.25, 0.3) is 0 Å². The maximum absolute atomic E-state index is 13.1. The fraction of sp³-hybridized carbons (Fsp3) is 0.478. The van der Waals surface area contributed by atoms with Crippen molar-refractivity contribution in [2.45, 2.75) is 63.7 Å². The molecule has 4 unspecified atom stereocenters. The Morgan fingerprint density at radius 3 is 1.86 bits per heavy atom. The van der Waals surface area contributed by atoms with E-state index in [1.807, 2.05) is 0 Å². The van der Waals surface area contributed by atoms with Crippen LogP contribution in [0.1, 0.15) is 38.7 Å². The predicted molar refractivity (Wildman–Crippen MR) is 127 cm³/mol. The maximum Gasteiger partial charge on any atom is 0.326 e. The average Bonchev–Trinajstić information content (AvgIpc) is 2.79. The van der Waals surface area contributed by atoms with E-state index < -0.39 is 78.6 Å². The zero-order chi connectivity index (χ0) is 28.3. The molecule has 14 heteroatoms. The lowest BCUT2D eigenvalue weighted by Crippen LogP contribution is -2.59. The molecule has 0 saturated heterocycles. The molecule has 0 radical (unpaired) electrons. The number of amides is 3. The largest absolute Gasteiger partial charge is 0.508 e. The predicted octanol–water partition coefficient (Wildman–Crippen LogP) is -1.20. The van der Waals surface area contributed by atoms with E-state index in [9.17, 15) is 39.0 Å². The van der Waals surface area contributed by atoms with Crippen LogP contribution in [0.5, 0.6) is 5.75 Å². The highest BCUT2D eigenvalue weighted by atomic mass is 16.4. The second kappa shape index (κ2) is 14.4. The smallest absolute Gasteiger partial charge is 0.326 e. The molecule has 204 valence electrons. The maximum atomic E-state index is 13.1. The summed E-state index contributed by atoms with van der Waals surface area (Å²) in [5, 5.41) is 43.5. The van der Waals surface area contributed by atoms with Gasteiger partial charge in [0.2, 0.25) is 17.7 Å². The van der Waals surface area contributed by atoms with Gasteiger partial charge >= 0.3 is 17.9 Å². The fourth-order valence-electron chi connectivity index (χ4n) is 3.21. The lowest BCUT2D eigenvalue weighted by molar-refractivity contribution is -0.143. The van der Waals surface area contributed by atoms with Crippen molar-refractivity contribution in [1.29, 1.82) is 0 Å². The van der Waals surface area contributed by atoms with Crippen molar-refractivity contribution in [3.05, 3.63) is 29.8 Å². The summed E-state index contributed by atoms with van der Waals surface area (Å²) < 4.78 is 0. The zero-order valence-electron chi connectivity index (χ0n) is 20.3. The molecule has 0 aliphatic carbocycles. The van der Waals surface area contributed by atoms with Gasteiger partial charge in [-0.05, 0) is 30.0 Å². The quantitative estimate of drug-likeness (QED) is 0.135. The molecule has 1 aromatic rings. The van der Waals surface area contributed by atoms with E-state index in [-0.39, 0.29) is 18.6 Å². The van der Waals surface area contributed by atoms with Crippen molar-refractivity contribution < 1.29 is 49.2 Å². The van der Waals surface area contributed by atoms with E-state index in [1.54, 1.807) is 13.8 Å². The first-order chi connectivity index (χ1) is 17.2. The van der Waals surface area contributed by atoms with E-state index >= 15 is 0 Å². The van der Waals surface area contributed by atoms with Gasteiger partial charge in [0, 0.05) is 12.8 Å². The fourth-order valence-corrected chi connectivity index (χ4v) is 3.21. The van der Waals surface area contributed by atoms with E-state index in [1.165, 1.54) is 24.3 Å². The lowest BCUT2D eigenvalue weighted by Gasteiger charge is -2.27. The monoisotopic (exact) mass is 524 g/mol. The molecule has 3 amide bonds. The summed E-state index contributed by atoms with van der Waals surface area (Å²) in [5.74, 6) is -7.24. The van der Waals surface area contributed by atoms with E-state index in [4.69, 9.17) is 15.9 Å². The number of benzene rings is 1. The molecule has 1 aromatic carbocycles.